The van der Waals surface area contributed by atoms with E-state index in [4.69, 9.17) is 16.7 Å². The van der Waals surface area contributed by atoms with E-state index in [0.29, 0.717) is 11.4 Å². The zero-order chi connectivity index (χ0) is 7.56. The quantitative estimate of drug-likeness (QED) is 0.661. The Morgan fingerprint density at radius 2 is 2.20 bits per heavy atom. The van der Waals surface area contributed by atoms with E-state index >= 15 is 0 Å². The number of benzene rings is 1. The Morgan fingerprint density at radius 1 is 1.50 bits per heavy atom. The first-order chi connectivity index (χ1) is 4.74. The van der Waals surface area contributed by atoms with Gasteiger partial charge in [-0.25, -0.2) is 0 Å². The highest BCUT2D eigenvalue weighted by molar-refractivity contribution is 6.30. The van der Waals surface area contributed by atoms with E-state index in [-0.39, 0.29) is 5.75 Å². The molecule has 0 saturated carbocycles. The van der Waals surface area contributed by atoms with Gasteiger partial charge < -0.3 is 5.11 Å². The van der Waals surface area contributed by atoms with E-state index in [0.717, 1.165) is 5.56 Å². The summed E-state index contributed by atoms with van der Waals surface area (Å²) in [5.41, 5.74) is 0.785. The van der Waals surface area contributed by atoms with Gasteiger partial charge in [0.1, 0.15) is 5.75 Å². The first-order valence-corrected chi connectivity index (χ1v) is 3.38. The number of halogens is 1. The number of hydrogen-bond acceptors (Lipinski definition) is 1. The Bertz CT molecular complexity index is 233. The third-order valence-electron chi connectivity index (χ3n) is 1.31. The second-order valence-electron chi connectivity index (χ2n) is 2.02. The predicted molar refractivity (Wildman–Crippen MR) is 42.2 cm³/mol. The third kappa shape index (κ3) is 1.42. The molecule has 10 heavy (non-hydrogen) atoms. The average molecular weight is 156 g/mol. The highest BCUT2D eigenvalue weighted by atomic mass is 35.5. The maximum atomic E-state index is 9.14. The summed E-state index contributed by atoms with van der Waals surface area (Å²) in [5.74, 6) is 0.263. The van der Waals surface area contributed by atoms with E-state index in [1.165, 1.54) is 0 Å². The van der Waals surface area contributed by atoms with Gasteiger partial charge in [0.15, 0.2) is 0 Å². The molecule has 0 amide bonds. The van der Waals surface area contributed by atoms with Crippen LogP contribution in [0.4, 0.5) is 0 Å². The van der Waals surface area contributed by atoms with Crippen LogP contribution in [-0.4, -0.2) is 5.11 Å². The van der Waals surface area contributed by atoms with Crippen LogP contribution < -0.4 is 0 Å². The molecule has 1 rings (SSSR count). The molecule has 1 radical (unpaired) electrons. The summed E-state index contributed by atoms with van der Waals surface area (Å²) in [6, 6.07) is 4.93. The Kier molecular flexibility index (Phi) is 2.17. The van der Waals surface area contributed by atoms with Gasteiger partial charge in [-0.05, 0) is 37.1 Å². The van der Waals surface area contributed by atoms with E-state index in [9.17, 15) is 0 Å². The standard InChI is InChI=1S/C8H8ClO/c1-2-6-5-7(9)3-4-8(6)10/h3-5,10H,1-2H2. The number of phenols is 1. The topological polar surface area (TPSA) is 20.2 Å². The highest BCUT2D eigenvalue weighted by Gasteiger charge is 1.97. The largest absolute Gasteiger partial charge is 0.508 e. The molecule has 0 heterocycles. The van der Waals surface area contributed by atoms with Crippen LogP contribution in [0.5, 0.6) is 5.75 Å². The molecule has 0 bridgehead atoms. The number of rotatable bonds is 1. The lowest BCUT2D eigenvalue weighted by atomic mass is 10.1. The Labute approximate surface area is 65.3 Å². The molecule has 0 aliphatic heterocycles. The lowest BCUT2D eigenvalue weighted by Gasteiger charge is -1.99. The molecule has 0 aliphatic rings. The van der Waals surface area contributed by atoms with Gasteiger partial charge in [-0.1, -0.05) is 11.6 Å². The van der Waals surface area contributed by atoms with Crippen molar-refractivity contribution in [2.24, 2.45) is 0 Å². The Morgan fingerprint density at radius 3 is 2.70 bits per heavy atom. The molecule has 0 fully saturated rings. The van der Waals surface area contributed by atoms with Crippen molar-refractivity contribution in [1.29, 1.82) is 0 Å². The van der Waals surface area contributed by atoms with Gasteiger partial charge in [0.05, 0.1) is 0 Å². The van der Waals surface area contributed by atoms with Gasteiger partial charge in [0, 0.05) is 5.02 Å². The van der Waals surface area contributed by atoms with Crippen molar-refractivity contribution in [3.8, 4) is 5.75 Å². The fourth-order valence-corrected chi connectivity index (χ4v) is 0.949. The summed E-state index contributed by atoms with van der Waals surface area (Å²) in [7, 11) is 0. The van der Waals surface area contributed by atoms with Gasteiger partial charge >= 0.3 is 0 Å². The fourth-order valence-electron chi connectivity index (χ4n) is 0.754. The smallest absolute Gasteiger partial charge is 0.118 e. The number of hydrogen-bond donors (Lipinski definition) is 1. The summed E-state index contributed by atoms with van der Waals surface area (Å²) in [6.07, 6.45) is 0.562. The maximum absolute atomic E-state index is 9.14. The number of aromatic hydroxyl groups is 1. The van der Waals surface area contributed by atoms with E-state index in [1.54, 1.807) is 18.2 Å². The molecule has 0 saturated heterocycles. The molecule has 53 valence electrons. The van der Waals surface area contributed by atoms with Gasteiger partial charge in [-0.2, -0.15) is 0 Å². The van der Waals surface area contributed by atoms with E-state index in [1.807, 2.05) is 0 Å². The normalized spacial score (nSPS) is 9.80. The van der Waals surface area contributed by atoms with E-state index < -0.39 is 0 Å². The summed E-state index contributed by atoms with van der Waals surface area (Å²) < 4.78 is 0. The molecular weight excluding hydrogens is 148 g/mol. The molecule has 2 heteroatoms. The van der Waals surface area contributed by atoms with Crippen molar-refractivity contribution in [2.75, 3.05) is 0 Å². The monoisotopic (exact) mass is 155 g/mol. The third-order valence-corrected chi connectivity index (χ3v) is 1.55. The van der Waals surface area contributed by atoms with Crippen LogP contribution in [0.15, 0.2) is 18.2 Å². The zero-order valence-corrected chi connectivity index (χ0v) is 6.23. The molecule has 0 unspecified atom stereocenters. The van der Waals surface area contributed by atoms with Crippen LogP contribution in [0.1, 0.15) is 5.56 Å². The molecule has 0 aliphatic carbocycles. The van der Waals surface area contributed by atoms with Crippen LogP contribution in [0, 0.1) is 6.92 Å². The summed E-state index contributed by atoms with van der Waals surface area (Å²) in [5, 5.41) is 9.77. The van der Waals surface area contributed by atoms with Crippen LogP contribution in [-0.2, 0) is 6.42 Å². The highest BCUT2D eigenvalue weighted by Crippen LogP contribution is 2.21. The molecular formula is C8H8ClO. The Balaban J connectivity index is 3.09. The SMILES string of the molecule is [CH2]Cc1cc(Cl)ccc1O. The lowest BCUT2D eigenvalue weighted by Crippen LogP contribution is -1.80. The zero-order valence-electron chi connectivity index (χ0n) is 5.47. The molecule has 1 aromatic rings. The fraction of sp³-hybridized carbons (Fsp3) is 0.125. The molecule has 1 N–H and O–H groups in total. The van der Waals surface area contributed by atoms with Crippen LogP contribution in [0.3, 0.4) is 0 Å². The van der Waals surface area contributed by atoms with Crippen molar-refractivity contribution >= 4 is 11.6 Å². The van der Waals surface area contributed by atoms with Gasteiger partial charge in [-0.15, -0.1) is 0 Å². The summed E-state index contributed by atoms with van der Waals surface area (Å²) in [6.45, 7) is 3.64. The Hall–Kier alpha value is -0.690. The van der Waals surface area contributed by atoms with Crippen molar-refractivity contribution in [1.82, 2.24) is 0 Å². The minimum absolute atomic E-state index is 0.263. The summed E-state index contributed by atoms with van der Waals surface area (Å²) >= 11 is 5.66. The lowest BCUT2D eigenvalue weighted by molar-refractivity contribution is 0.469. The van der Waals surface area contributed by atoms with Crippen molar-refractivity contribution in [2.45, 2.75) is 6.42 Å². The molecule has 0 atom stereocenters. The van der Waals surface area contributed by atoms with Crippen molar-refractivity contribution < 1.29 is 5.11 Å². The second kappa shape index (κ2) is 2.93. The van der Waals surface area contributed by atoms with Gasteiger partial charge in [0.2, 0.25) is 0 Å². The summed E-state index contributed by atoms with van der Waals surface area (Å²) in [4.78, 5) is 0. The maximum Gasteiger partial charge on any atom is 0.118 e. The minimum atomic E-state index is 0.263. The predicted octanol–water partition coefficient (Wildman–Crippen LogP) is 2.42. The van der Waals surface area contributed by atoms with Crippen LogP contribution >= 0.6 is 11.6 Å². The molecule has 0 aromatic heterocycles. The van der Waals surface area contributed by atoms with E-state index in [2.05, 4.69) is 6.92 Å². The first-order valence-electron chi connectivity index (χ1n) is 3.00. The average Bonchev–Trinajstić information content (AvgIpc) is 1.94. The van der Waals surface area contributed by atoms with Crippen molar-refractivity contribution in [3.05, 3.63) is 35.7 Å². The van der Waals surface area contributed by atoms with Crippen LogP contribution in [0.2, 0.25) is 5.02 Å². The molecule has 1 nitrogen and oxygen atoms in total. The number of phenolic OH excluding ortho intramolecular Hbond substituents is 1. The second-order valence-corrected chi connectivity index (χ2v) is 2.46. The van der Waals surface area contributed by atoms with Gasteiger partial charge in [-0.3, -0.25) is 0 Å². The molecule has 1 aromatic carbocycles. The first kappa shape index (κ1) is 7.42. The molecule has 0 spiro atoms. The van der Waals surface area contributed by atoms with Crippen molar-refractivity contribution in [3.63, 3.8) is 0 Å². The minimum Gasteiger partial charge on any atom is -0.508 e. The van der Waals surface area contributed by atoms with Gasteiger partial charge in [0.25, 0.3) is 0 Å². The van der Waals surface area contributed by atoms with Crippen LogP contribution in [0.25, 0.3) is 0 Å².